The molecule has 1 N–H and O–H groups in total. The van der Waals surface area contributed by atoms with E-state index in [9.17, 15) is 9.59 Å². The Morgan fingerprint density at radius 3 is 2.57 bits per heavy atom. The number of nitrogens with zero attached hydrogens (tertiary/aromatic N) is 2. The van der Waals surface area contributed by atoms with Crippen molar-refractivity contribution in [2.75, 3.05) is 43.1 Å². The summed E-state index contributed by atoms with van der Waals surface area (Å²) in [5.41, 5.74) is 4.04. The molecule has 2 aromatic rings. The fourth-order valence-electron chi connectivity index (χ4n) is 4.14. The molecule has 0 aromatic heterocycles. The number of carbonyl (C=O) groups excluding carboxylic acids is 2. The topological polar surface area (TPSA) is 61.9 Å². The summed E-state index contributed by atoms with van der Waals surface area (Å²) in [6.45, 7) is 6.86. The van der Waals surface area contributed by atoms with E-state index >= 15 is 0 Å². The SMILES string of the molecule is CCc1ccccc1N1CC(C(=O)Nc2ccc(CN3CCOCC3)cc2)CC1=O. The molecule has 1 atom stereocenters. The van der Waals surface area contributed by atoms with E-state index in [0.29, 0.717) is 6.54 Å². The molecule has 158 valence electrons. The molecule has 4 rings (SSSR count). The number of aryl methyl sites for hydroxylation is 1. The van der Waals surface area contributed by atoms with Crippen LogP contribution in [0, 0.1) is 5.92 Å². The van der Waals surface area contributed by atoms with Gasteiger partial charge in [-0.25, -0.2) is 0 Å². The van der Waals surface area contributed by atoms with Gasteiger partial charge in [0.05, 0.1) is 19.1 Å². The fraction of sp³-hybridized carbons (Fsp3) is 0.417. The van der Waals surface area contributed by atoms with Crippen molar-refractivity contribution >= 4 is 23.2 Å². The number of benzene rings is 2. The average Bonchev–Trinajstić information content (AvgIpc) is 3.17. The third kappa shape index (κ3) is 4.71. The van der Waals surface area contributed by atoms with Gasteiger partial charge in [-0.3, -0.25) is 14.5 Å². The molecule has 6 nitrogen and oxygen atoms in total. The molecule has 0 bridgehead atoms. The molecule has 2 fully saturated rings. The van der Waals surface area contributed by atoms with Crippen LogP contribution in [0.25, 0.3) is 0 Å². The number of para-hydroxylation sites is 1. The standard InChI is InChI=1S/C24H29N3O3/c1-2-19-5-3-4-6-22(19)27-17-20(15-23(27)28)24(29)25-21-9-7-18(8-10-21)16-26-11-13-30-14-12-26/h3-10,20H,2,11-17H2,1H3,(H,25,29). The molecule has 2 aliphatic heterocycles. The molecule has 0 saturated carbocycles. The highest BCUT2D eigenvalue weighted by Gasteiger charge is 2.35. The maximum atomic E-state index is 12.8. The van der Waals surface area contributed by atoms with Crippen molar-refractivity contribution in [3.8, 4) is 0 Å². The summed E-state index contributed by atoms with van der Waals surface area (Å²) in [6, 6.07) is 15.9. The molecule has 30 heavy (non-hydrogen) atoms. The first kappa shape index (κ1) is 20.6. The number of hydrogen-bond acceptors (Lipinski definition) is 4. The highest BCUT2D eigenvalue weighted by atomic mass is 16.5. The lowest BCUT2D eigenvalue weighted by Gasteiger charge is -2.26. The van der Waals surface area contributed by atoms with Crippen molar-refractivity contribution in [3.63, 3.8) is 0 Å². The number of rotatable bonds is 6. The van der Waals surface area contributed by atoms with Gasteiger partial charge >= 0.3 is 0 Å². The molecule has 0 spiro atoms. The van der Waals surface area contributed by atoms with Crippen LogP contribution in [-0.2, 0) is 27.3 Å². The Bertz CT molecular complexity index is 891. The van der Waals surface area contributed by atoms with Crippen LogP contribution in [0.15, 0.2) is 48.5 Å². The lowest BCUT2D eigenvalue weighted by atomic mass is 10.1. The minimum absolute atomic E-state index is 0.0110. The summed E-state index contributed by atoms with van der Waals surface area (Å²) < 4.78 is 5.39. The van der Waals surface area contributed by atoms with Crippen LogP contribution >= 0.6 is 0 Å². The summed E-state index contributed by atoms with van der Waals surface area (Å²) in [5.74, 6) is -0.423. The first-order valence-corrected chi connectivity index (χ1v) is 10.7. The average molecular weight is 408 g/mol. The molecule has 2 heterocycles. The van der Waals surface area contributed by atoms with E-state index in [1.807, 2.05) is 36.4 Å². The second-order valence-corrected chi connectivity index (χ2v) is 7.96. The van der Waals surface area contributed by atoms with Crippen LogP contribution in [0.3, 0.4) is 0 Å². The summed E-state index contributed by atoms with van der Waals surface area (Å²) in [6.07, 6.45) is 1.10. The van der Waals surface area contributed by atoms with E-state index in [1.54, 1.807) is 4.90 Å². The predicted molar refractivity (Wildman–Crippen MR) is 117 cm³/mol. The van der Waals surface area contributed by atoms with Crippen molar-refractivity contribution in [1.29, 1.82) is 0 Å². The van der Waals surface area contributed by atoms with Crippen LogP contribution < -0.4 is 10.2 Å². The molecule has 2 saturated heterocycles. The maximum absolute atomic E-state index is 12.8. The van der Waals surface area contributed by atoms with Gasteiger partial charge in [0, 0.05) is 44.0 Å². The second-order valence-electron chi connectivity index (χ2n) is 7.96. The molecule has 2 aromatic carbocycles. The quantitative estimate of drug-likeness (QED) is 0.800. The van der Waals surface area contributed by atoms with Crippen molar-refractivity contribution < 1.29 is 14.3 Å². The Balaban J connectivity index is 1.35. The van der Waals surface area contributed by atoms with Crippen molar-refractivity contribution in [2.24, 2.45) is 5.92 Å². The van der Waals surface area contributed by atoms with Crippen molar-refractivity contribution in [3.05, 3.63) is 59.7 Å². The van der Waals surface area contributed by atoms with E-state index in [4.69, 9.17) is 4.74 Å². The molecule has 0 radical (unpaired) electrons. The molecular weight excluding hydrogens is 378 g/mol. The van der Waals surface area contributed by atoms with E-state index < -0.39 is 0 Å². The molecule has 2 aliphatic rings. The van der Waals surface area contributed by atoms with Gasteiger partial charge in [0.2, 0.25) is 11.8 Å². The van der Waals surface area contributed by atoms with Crippen molar-refractivity contribution in [2.45, 2.75) is 26.3 Å². The summed E-state index contributed by atoms with van der Waals surface area (Å²) in [7, 11) is 0. The number of amides is 2. The second kappa shape index (κ2) is 9.41. The molecular formula is C24H29N3O3. The van der Waals surface area contributed by atoms with Gasteiger partial charge in [0.15, 0.2) is 0 Å². The maximum Gasteiger partial charge on any atom is 0.229 e. The molecule has 6 heteroatoms. The smallest absolute Gasteiger partial charge is 0.229 e. The number of ether oxygens (including phenoxy) is 1. The van der Waals surface area contributed by atoms with Gasteiger partial charge in [-0.2, -0.15) is 0 Å². The normalized spacial score (nSPS) is 19.8. The third-order valence-electron chi connectivity index (χ3n) is 5.89. The number of morpholine rings is 1. The summed E-state index contributed by atoms with van der Waals surface area (Å²) >= 11 is 0. The van der Waals surface area contributed by atoms with Crippen LogP contribution in [0.1, 0.15) is 24.5 Å². The van der Waals surface area contributed by atoms with Gasteiger partial charge in [-0.05, 0) is 35.7 Å². The Hall–Kier alpha value is -2.70. The monoisotopic (exact) mass is 407 g/mol. The zero-order valence-corrected chi connectivity index (χ0v) is 17.5. The number of carbonyl (C=O) groups is 2. The number of hydrogen-bond donors (Lipinski definition) is 1. The largest absolute Gasteiger partial charge is 0.379 e. The Labute approximate surface area is 177 Å². The summed E-state index contributed by atoms with van der Waals surface area (Å²) in [4.78, 5) is 29.5. The van der Waals surface area contributed by atoms with E-state index in [0.717, 1.165) is 56.2 Å². The van der Waals surface area contributed by atoms with Gasteiger partial charge < -0.3 is 15.0 Å². The molecule has 0 aliphatic carbocycles. The minimum Gasteiger partial charge on any atom is -0.379 e. The fourth-order valence-corrected chi connectivity index (χ4v) is 4.14. The molecule has 2 amide bonds. The first-order valence-electron chi connectivity index (χ1n) is 10.7. The minimum atomic E-state index is -0.338. The van der Waals surface area contributed by atoms with Crippen LogP contribution in [0.2, 0.25) is 0 Å². The van der Waals surface area contributed by atoms with E-state index in [2.05, 4.69) is 29.3 Å². The third-order valence-corrected chi connectivity index (χ3v) is 5.89. The zero-order chi connectivity index (χ0) is 20.9. The Morgan fingerprint density at radius 1 is 1.10 bits per heavy atom. The van der Waals surface area contributed by atoms with Crippen LogP contribution in [0.5, 0.6) is 0 Å². The number of nitrogens with one attached hydrogen (secondary N) is 1. The highest BCUT2D eigenvalue weighted by molar-refractivity contribution is 6.03. The lowest BCUT2D eigenvalue weighted by Crippen LogP contribution is -2.35. The Kier molecular flexibility index (Phi) is 6.45. The van der Waals surface area contributed by atoms with E-state index in [1.165, 1.54) is 5.56 Å². The molecule has 1 unspecified atom stereocenters. The Morgan fingerprint density at radius 2 is 1.83 bits per heavy atom. The lowest BCUT2D eigenvalue weighted by molar-refractivity contribution is -0.122. The van der Waals surface area contributed by atoms with Gasteiger partial charge in [-0.15, -0.1) is 0 Å². The highest BCUT2D eigenvalue weighted by Crippen LogP contribution is 2.29. The van der Waals surface area contributed by atoms with E-state index in [-0.39, 0.29) is 24.2 Å². The zero-order valence-electron chi connectivity index (χ0n) is 17.5. The van der Waals surface area contributed by atoms with Crippen LogP contribution in [-0.4, -0.2) is 49.6 Å². The van der Waals surface area contributed by atoms with Crippen molar-refractivity contribution in [1.82, 2.24) is 4.90 Å². The van der Waals surface area contributed by atoms with Gasteiger partial charge in [-0.1, -0.05) is 37.3 Å². The predicted octanol–water partition coefficient (Wildman–Crippen LogP) is 3.07. The van der Waals surface area contributed by atoms with Crippen LogP contribution in [0.4, 0.5) is 11.4 Å². The first-order chi connectivity index (χ1) is 14.6. The summed E-state index contributed by atoms with van der Waals surface area (Å²) in [5, 5.41) is 2.98. The number of anilines is 2. The van der Waals surface area contributed by atoms with Gasteiger partial charge in [0.1, 0.15) is 0 Å². The van der Waals surface area contributed by atoms with Gasteiger partial charge in [0.25, 0.3) is 0 Å².